The van der Waals surface area contributed by atoms with E-state index in [4.69, 9.17) is 5.73 Å². The molecule has 0 aliphatic carbocycles. The van der Waals surface area contributed by atoms with E-state index in [-0.39, 0.29) is 11.9 Å². The van der Waals surface area contributed by atoms with Gasteiger partial charge in [0.25, 0.3) is 0 Å². The fourth-order valence-electron chi connectivity index (χ4n) is 1.91. The fourth-order valence-corrected chi connectivity index (χ4v) is 1.91. The maximum Gasteiger partial charge on any atom is 0.123 e. The van der Waals surface area contributed by atoms with E-state index >= 15 is 0 Å². The van der Waals surface area contributed by atoms with Gasteiger partial charge in [0.15, 0.2) is 0 Å². The molecule has 3 N–H and O–H groups in total. The van der Waals surface area contributed by atoms with E-state index in [2.05, 4.69) is 12.2 Å². The molecule has 0 saturated heterocycles. The molecule has 2 atom stereocenters. The molecule has 0 saturated carbocycles. The number of hydrogen-bond donors (Lipinski definition) is 2. The Labute approximate surface area is 90.7 Å². The molecule has 84 valence electrons. The van der Waals surface area contributed by atoms with Crippen LogP contribution in [0.2, 0.25) is 0 Å². The zero-order valence-corrected chi connectivity index (χ0v) is 9.33. The van der Waals surface area contributed by atoms with Crippen LogP contribution in [0.4, 0.5) is 4.39 Å². The molecule has 3 heteroatoms. The highest BCUT2D eigenvalue weighted by Gasteiger charge is 2.18. The zero-order valence-electron chi connectivity index (χ0n) is 9.33. The summed E-state index contributed by atoms with van der Waals surface area (Å²) in [4.78, 5) is 0. The molecular weight excluding hydrogens is 191 g/mol. The summed E-state index contributed by atoms with van der Waals surface area (Å²) in [5.74, 6) is 0.149. The first-order chi connectivity index (χ1) is 7.22. The van der Waals surface area contributed by atoms with Crippen molar-refractivity contribution in [1.82, 2.24) is 5.32 Å². The number of hydrogen-bond acceptors (Lipinski definition) is 2. The van der Waals surface area contributed by atoms with Crippen LogP contribution in [-0.2, 0) is 0 Å². The van der Waals surface area contributed by atoms with Gasteiger partial charge in [0.1, 0.15) is 5.82 Å². The molecule has 2 nitrogen and oxygen atoms in total. The number of halogens is 1. The van der Waals surface area contributed by atoms with Crippen LogP contribution in [0.3, 0.4) is 0 Å². The third-order valence-electron chi connectivity index (χ3n) is 2.82. The molecule has 0 aliphatic heterocycles. The van der Waals surface area contributed by atoms with Crippen molar-refractivity contribution in [1.29, 1.82) is 0 Å². The van der Waals surface area contributed by atoms with E-state index in [1.807, 2.05) is 13.1 Å². The lowest BCUT2D eigenvalue weighted by Crippen LogP contribution is -2.30. The summed E-state index contributed by atoms with van der Waals surface area (Å²) >= 11 is 0. The van der Waals surface area contributed by atoms with Gasteiger partial charge < -0.3 is 11.1 Å². The number of rotatable bonds is 5. The maximum atomic E-state index is 13.1. The Hall–Kier alpha value is -0.930. The van der Waals surface area contributed by atoms with Crippen molar-refractivity contribution in [2.24, 2.45) is 11.7 Å². The molecule has 0 amide bonds. The van der Waals surface area contributed by atoms with Crippen LogP contribution in [0, 0.1) is 11.7 Å². The highest BCUT2D eigenvalue weighted by molar-refractivity contribution is 5.20. The van der Waals surface area contributed by atoms with E-state index in [0.717, 1.165) is 12.0 Å². The molecule has 0 aromatic heterocycles. The zero-order chi connectivity index (χ0) is 11.3. The van der Waals surface area contributed by atoms with E-state index < -0.39 is 0 Å². The monoisotopic (exact) mass is 210 g/mol. The van der Waals surface area contributed by atoms with Gasteiger partial charge in [-0.15, -0.1) is 0 Å². The van der Waals surface area contributed by atoms with E-state index in [0.29, 0.717) is 12.5 Å². The third kappa shape index (κ3) is 3.01. The average molecular weight is 210 g/mol. The van der Waals surface area contributed by atoms with Crippen molar-refractivity contribution >= 4 is 0 Å². The van der Waals surface area contributed by atoms with Gasteiger partial charge in [-0.3, -0.25) is 0 Å². The molecule has 0 spiro atoms. The predicted molar refractivity (Wildman–Crippen MR) is 61.0 cm³/mol. The summed E-state index contributed by atoms with van der Waals surface area (Å²) in [5.41, 5.74) is 6.67. The summed E-state index contributed by atoms with van der Waals surface area (Å²) in [7, 11) is 1.88. The molecule has 0 aliphatic rings. The largest absolute Gasteiger partial charge is 0.330 e. The van der Waals surface area contributed by atoms with E-state index in [9.17, 15) is 4.39 Å². The summed E-state index contributed by atoms with van der Waals surface area (Å²) in [6, 6.07) is 6.83. The highest BCUT2D eigenvalue weighted by Crippen LogP contribution is 2.23. The van der Waals surface area contributed by atoms with Crippen LogP contribution in [0.25, 0.3) is 0 Å². The maximum absolute atomic E-state index is 13.1. The average Bonchev–Trinajstić information content (AvgIpc) is 2.25. The molecule has 0 radical (unpaired) electrons. The normalized spacial score (nSPS) is 14.9. The molecule has 0 heterocycles. The molecule has 1 aromatic carbocycles. The Morgan fingerprint density at radius 1 is 1.47 bits per heavy atom. The molecule has 1 rings (SSSR count). The van der Waals surface area contributed by atoms with Crippen molar-refractivity contribution in [2.75, 3.05) is 13.6 Å². The Morgan fingerprint density at radius 2 is 2.20 bits per heavy atom. The summed E-state index contributed by atoms with van der Waals surface area (Å²) in [5, 5.41) is 3.20. The van der Waals surface area contributed by atoms with Crippen molar-refractivity contribution in [3.05, 3.63) is 35.6 Å². The number of nitrogens with two attached hydrogens (primary N) is 1. The Balaban J connectivity index is 2.90. The quantitative estimate of drug-likeness (QED) is 0.780. The predicted octanol–water partition coefficient (Wildman–Crippen LogP) is 2.07. The lowest BCUT2D eigenvalue weighted by atomic mass is 9.91. The topological polar surface area (TPSA) is 38.0 Å². The summed E-state index contributed by atoms with van der Waals surface area (Å²) in [6.07, 6.45) is 0.985. The summed E-state index contributed by atoms with van der Waals surface area (Å²) in [6.45, 7) is 2.71. The second-order valence-electron chi connectivity index (χ2n) is 3.73. The van der Waals surface area contributed by atoms with Crippen LogP contribution < -0.4 is 11.1 Å². The SMILES string of the molecule is CCC(CN)C(NC)c1cccc(F)c1. The molecule has 0 fully saturated rings. The van der Waals surface area contributed by atoms with Gasteiger partial charge in [-0.1, -0.05) is 25.5 Å². The Morgan fingerprint density at radius 3 is 2.67 bits per heavy atom. The van der Waals surface area contributed by atoms with Crippen LogP contribution >= 0.6 is 0 Å². The minimum Gasteiger partial charge on any atom is -0.330 e. The fraction of sp³-hybridized carbons (Fsp3) is 0.500. The first-order valence-corrected chi connectivity index (χ1v) is 5.35. The van der Waals surface area contributed by atoms with Gasteiger partial charge in [-0.05, 0) is 37.2 Å². The highest BCUT2D eigenvalue weighted by atomic mass is 19.1. The summed E-state index contributed by atoms with van der Waals surface area (Å²) < 4.78 is 13.1. The van der Waals surface area contributed by atoms with Crippen LogP contribution in [-0.4, -0.2) is 13.6 Å². The van der Waals surface area contributed by atoms with Gasteiger partial charge in [-0.25, -0.2) is 4.39 Å². The molecular formula is C12H19FN2. The lowest BCUT2D eigenvalue weighted by Gasteiger charge is -2.25. The first-order valence-electron chi connectivity index (χ1n) is 5.35. The Bertz CT molecular complexity index is 297. The lowest BCUT2D eigenvalue weighted by molar-refractivity contribution is 0.377. The molecule has 1 aromatic rings. The molecule has 2 unspecified atom stereocenters. The van der Waals surface area contributed by atoms with Gasteiger partial charge in [0, 0.05) is 6.04 Å². The van der Waals surface area contributed by atoms with Crippen LogP contribution in [0.5, 0.6) is 0 Å². The number of benzene rings is 1. The molecule has 0 bridgehead atoms. The van der Waals surface area contributed by atoms with E-state index in [1.165, 1.54) is 6.07 Å². The van der Waals surface area contributed by atoms with Crippen molar-refractivity contribution < 1.29 is 4.39 Å². The van der Waals surface area contributed by atoms with Gasteiger partial charge in [0.2, 0.25) is 0 Å². The second-order valence-corrected chi connectivity index (χ2v) is 3.73. The molecule has 15 heavy (non-hydrogen) atoms. The first kappa shape index (κ1) is 12.1. The van der Waals surface area contributed by atoms with Gasteiger partial charge in [0.05, 0.1) is 0 Å². The minimum absolute atomic E-state index is 0.135. The van der Waals surface area contributed by atoms with E-state index in [1.54, 1.807) is 12.1 Å². The smallest absolute Gasteiger partial charge is 0.123 e. The van der Waals surface area contributed by atoms with Gasteiger partial charge in [-0.2, -0.15) is 0 Å². The van der Waals surface area contributed by atoms with Crippen LogP contribution in [0.15, 0.2) is 24.3 Å². The van der Waals surface area contributed by atoms with Crippen LogP contribution in [0.1, 0.15) is 24.9 Å². The van der Waals surface area contributed by atoms with Crippen molar-refractivity contribution in [3.8, 4) is 0 Å². The van der Waals surface area contributed by atoms with Crippen molar-refractivity contribution in [2.45, 2.75) is 19.4 Å². The number of nitrogens with one attached hydrogen (secondary N) is 1. The van der Waals surface area contributed by atoms with Crippen molar-refractivity contribution in [3.63, 3.8) is 0 Å². The Kier molecular flexibility index (Phi) is 4.72. The third-order valence-corrected chi connectivity index (χ3v) is 2.82. The second kappa shape index (κ2) is 5.83. The minimum atomic E-state index is -0.195. The van der Waals surface area contributed by atoms with Gasteiger partial charge >= 0.3 is 0 Å². The standard InChI is InChI=1S/C12H19FN2/c1-3-9(8-14)12(15-2)10-5-4-6-11(13)7-10/h4-7,9,12,15H,3,8,14H2,1-2H3.